The number of anilines is 3. The van der Waals surface area contributed by atoms with Crippen molar-refractivity contribution < 1.29 is 0 Å². The van der Waals surface area contributed by atoms with Crippen LogP contribution in [0.1, 0.15) is 11.1 Å². The SMILES string of the molecule is N#Cc1ccc(Nc2nc(NCc3cccnc3)cc(-c3ccccc3)n2)cc1. The first-order valence-corrected chi connectivity index (χ1v) is 9.14. The summed E-state index contributed by atoms with van der Waals surface area (Å²) >= 11 is 0. The quantitative estimate of drug-likeness (QED) is 0.503. The van der Waals surface area contributed by atoms with E-state index in [-0.39, 0.29) is 0 Å². The first-order valence-electron chi connectivity index (χ1n) is 9.14. The monoisotopic (exact) mass is 378 g/mol. The van der Waals surface area contributed by atoms with E-state index in [2.05, 4.69) is 31.7 Å². The van der Waals surface area contributed by atoms with Gasteiger partial charge >= 0.3 is 0 Å². The van der Waals surface area contributed by atoms with Gasteiger partial charge in [-0.1, -0.05) is 36.4 Å². The first kappa shape index (κ1) is 18.1. The summed E-state index contributed by atoms with van der Waals surface area (Å²) in [4.78, 5) is 13.4. The maximum Gasteiger partial charge on any atom is 0.229 e. The molecule has 0 saturated heterocycles. The predicted molar refractivity (Wildman–Crippen MR) is 113 cm³/mol. The standard InChI is InChI=1S/C23H18N6/c24-14-17-8-10-20(11-9-17)27-23-28-21(19-6-2-1-3-7-19)13-22(29-23)26-16-18-5-4-12-25-15-18/h1-13,15H,16H2,(H2,26,27,28,29). The Hall–Kier alpha value is -4.24. The lowest BCUT2D eigenvalue weighted by molar-refractivity contribution is 1.07. The van der Waals surface area contributed by atoms with Gasteiger partial charge in [-0.25, -0.2) is 4.98 Å². The third kappa shape index (κ3) is 4.73. The second-order valence-electron chi connectivity index (χ2n) is 6.36. The van der Waals surface area contributed by atoms with Crippen LogP contribution in [0.5, 0.6) is 0 Å². The van der Waals surface area contributed by atoms with Gasteiger partial charge in [0.2, 0.25) is 5.95 Å². The van der Waals surface area contributed by atoms with Gasteiger partial charge in [-0.2, -0.15) is 10.2 Å². The van der Waals surface area contributed by atoms with Gasteiger partial charge in [0.1, 0.15) is 5.82 Å². The molecule has 2 N–H and O–H groups in total. The zero-order chi connectivity index (χ0) is 19.9. The zero-order valence-corrected chi connectivity index (χ0v) is 15.6. The minimum Gasteiger partial charge on any atom is -0.366 e. The van der Waals surface area contributed by atoms with Crippen LogP contribution in [0.3, 0.4) is 0 Å². The molecule has 0 fully saturated rings. The van der Waals surface area contributed by atoms with Crippen LogP contribution in [-0.2, 0) is 6.54 Å². The Morgan fingerprint density at radius 2 is 1.72 bits per heavy atom. The fourth-order valence-electron chi connectivity index (χ4n) is 2.80. The molecule has 0 aliphatic heterocycles. The average Bonchev–Trinajstić information content (AvgIpc) is 2.79. The normalized spacial score (nSPS) is 10.2. The van der Waals surface area contributed by atoms with Gasteiger partial charge in [-0.15, -0.1) is 0 Å². The van der Waals surface area contributed by atoms with E-state index in [1.54, 1.807) is 18.3 Å². The Kier molecular flexibility index (Phi) is 5.40. The zero-order valence-electron chi connectivity index (χ0n) is 15.6. The number of nitriles is 1. The highest BCUT2D eigenvalue weighted by Crippen LogP contribution is 2.23. The second-order valence-corrected chi connectivity index (χ2v) is 6.36. The molecule has 29 heavy (non-hydrogen) atoms. The van der Waals surface area contributed by atoms with E-state index in [0.29, 0.717) is 23.9 Å². The second kappa shape index (κ2) is 8.63. The first-order chi connectivity index (χ1) is 14.3. The van der Waals surface area contributed by atoms with E-state index in [0.717, 1.165) is 22.5 Å². The number of aromatic nitrogens is 3. The molecule has 4 aromatic rings. The smallest absolute Gasteiger partial charge is 0.229 e. The van der Waals surface area contributed by atoms with Gasteiger partial charge in [0.15, 0.2) is 0 Å². The lowest BCUT2D eigenvalue weighted by Crippen LogP contribution is -2.05. The third-order valence-electron chi connectivity index (χ3n) is 4.26. The highest BCUT2D eigenvalue weighted by atomic mass is 15.1. The molecule has 4 rings (SSSR count). The van der Waals surface area contributed by atoms with Gasteiger partial charge < -0.3 is 10.6 Å². The third-order valence-corrected chi connectivity index (χ3v) is 4.26. The Labute approximate surface area is 168 Å². The topological polar surface area (TPSA) is 86.5 Å². The van der Waals surface area contributed by atoms with Gasteiger partial charge in [-0.3, -0.25) is 4.98 Å². The van der Waals surface area contributed by atoms with Crippen LogP contribution in [0.2, 0.25) is 0 Å². The highest BCUT2D eigenvalue weighted by Gasteiger charge is 2.08. The van der Waals surface area contributed by atoms with Gasteiger partial charge in [0.05, 0.1) is 17.3 Å². The van der Waals surface area contributed by atoms with Crippen LogP contribution in [0.4, 0.5) is 17.5 Å². The fraction of sp³-hybridized carbons (Fsp3) is 0.0435. The van der Waals surface area contributed by atoms with Crippen LogP contribution in [0.25, 0.3) is 11.3 Å². The number of benzene rings is 2. The van der Waals surface area contributed by atoms with Crippen molar-refractivity contribution in [2.75, 3.05) is 10.6 Å². The molecule has 6 heteroatoms. The minimum atomic E-state index is 0.477. The molecule has 0 radical (unpaired) electrons. The maximum atomic E-state index is 8.96. The Bertz CT molecular complexity index is 1120. The summed E-state index contributed by atoms with van der Waals surface area (Å²) < 4.78 is 0. The van der Waals surface area contributed by atoms with Crippen molar-refractivity contribution in [3.8, 4) is 17.3 Å². The summed E-state index contributed by atoms with van der Waals surface area (Å²) in [6.45, 7) is 0.607. The number of nitrogens with one attached hydrogen (secondary N) is 2. The van der Waals surface area contributed by atoms with Crippen LogP contribution < -0.4 is 10.6 Å². The number of hydrogen-bond acceptors (Lipinski definition) is 6. The number of hydrogen-bond donors (Lipinski definition) is 2. The molecule has 0 bridgehead atoms. The van der Waals surface area contributed by atoms with Crippen LogP contribution in [0, 0.1) is 11.3 Å². The highest BCUT2D eigenvalue weighted by molar-refractivity contribution is 5.66. The van der Waals surface area contributed by atoms with E-state index in [9.17, 15) is 0 Å². The summed E-state index contributed by atoms with van der Waals surface area (Å²) in [6.07, 6.45) is 3.57. The molecule has 0 amide bonds. The molecular formula is C23H18N6. The molecule has 2 aromatic carbocycles. The fourth-order valence-corrected chi connectivity index (χ4v) is 2.80. The Morgan fingerprint density at radius 3 is 2.45 bits per heavy atom. The van der Waals surface area contributed by atoms with E-state index in [4.69, 9.17) is 5.26 Å². The largest absolute Gasteiger partial charge is 0.366 e. The molecule has 0 aliphatic rings. The summed E-state index contributed by atoms with van der Waals surface area (Å²) in [7, 11) is 0. The van der Waals surface area contributed by atoms with E-state index in [1.807, 2.05) is 66.9 Å². The molecule has 0 spiro atoms. The van der Waals surface area contributed by atoms with Crippen LogP contribution in [-0.4, -0.2) is 15.0 Å². The number of nitrogens with zero attached hydrogens (tertiary/aromatic N) is 4. The Balaban J connectivity index is 1.63. The van der Waals surface area contributed by atoms with Crippen molar-refractivity contribution in [3.05, 3.63) is 96.3 Å². The summed E-state index contributed by atoms with van der Waals surface area (Å²) in [6, 6.07) is 25.1. The summed E-state index contributed by atoms with van der Waals surface area (Å²) in [5.41, 5.74) is 4.29. The van der Waals surface area contributed by atoms with E-state index < -0.39 is 0 Å². The maximum absolute atomic E-state index is 8.96. The van der Waals surface area contributed by atoms with Crippen molar-refractivity contribution in [2.24, 2.45) is 0 Å². The van der Waals surface area contributed by atoms with Crippen molar-refractivity contribution >= 4 is 17.5 Å². The van der Waals surface area contributed by atoms with Crippen molar-refractivity contribution in [1.29, 1.82) is 5.26 Å². The molecular weight excluding hydrogens is 360 g/mol. The minimum absolute atomic E-state index is 0.477. The van der Waals surface area contributed by atoms with Crippen LogP contribution in [0.15, 0.2) is 85.2 Å². The van der Waals surface area contributed by atoms with Crippen molar-refractivity contribution in [1.82, 2.24) is 15.0 Å². The van der Waals surface area contributed by atoms with Crippen LogP contribution >= 0.6 is 0 Å². The van der Waals surface area contributed by atoms with Crippen molar-refractivity contribution in [2.45, 2.75) is 6.54 Å². The molecule has 2 heterocycles. The summed E-state index contributed by atoms with van der Waals surface area (Å²) in [5.74, 6) is 1.18. The summed E-state index contributed by atoms with van der Waals surface area (Å²) in [5, 5.41) is 15.5. The molecule has 2 aromatic heterocycles. The lowest BCUT2D eigenvalue weighted by atomic mass is 10.1. The Morgan fingerprint density at radius 1 is 0.897 bits per heavy atom. The number of pyridine rings is 1. The number of rotatable bonds is 6. The van der Waals surface area contributed by atoms with E-state index in [1.165, 1.54) is 0 Å². The molecule has 0 saturated carbocycles. The molecule has 0 atom stereocenters. The van der Waals surface area contributed by atoms with Gasteiger partial charge in [0.25, 0.3) is 0 Å². The molecule has 0 unspecified atom stereocenters. The molecule has 6 nitrogen and oxygen atoms in total. The van der Waals surface area contributed by atoms with Crippen molar-refractivity contribution in [3.63, 3.8) is 0 Å². The molecule has 140 valence electrons. The van der Waals surface area contributed by atoms with Gasteiger partial charge in [0, 0.05) is 36.3 Å². The molecule has 0 aliphatic carbocycles. The average molecular weight is 378 g/mol. The van der Waals surface area contributed by atoms with E-state index >= 15 is 0 Å². The predicted octanol–water partition coefficient (Wildman–Crippen LogP) is 4.77. The lowest BCUT2D eigenvalue weighted by Gasteiger charge is -2.12. The van der Waals surface area contributed by atoms with Gasteiger partial charge in [-0.05, 0) is 35.9 Å².